The van der Waals surface area contributed by atoms with Crippen molar-refractivity contribution in [3.8, 4) is 0 Å². The third-order valence-electron chi connectivity index (χ3n) is 7.33. The van der Waals surface area contributed by atoms with E-state index in [9.17, 15) is 9.59 Å². The molecular weight excluding hydrogens is 506 g/mol. The zero-order valence-electron chi connectivity index (χ0n) is 24.0. The fourth-order valence-electron chi connectivity index (χ4n) is 4.88. The molecule has 0 aliphatic carbocycles. The van der Waals surface area contributed by atoms with E-state index in [4.69, 9.17) is 10.5 Å². The predicted molar refractivity (Wildman–Crippen MR) is 159 cm³/mol. The Kier molecular flexibility index (Phi) is 9.76. The number of carbonyl (C=O) groups excluding carboxylic acids is 2. The Labute approximate surface area is 236 Å². The highest BCUT2D eigenvalue weighted by molar-refractivity contribution is 5.97. The normalized spacial score (nSPS) is 17.0. The molecule has 4 rings (SSSR count). The van der Waals surface area contributed by atoms with Crippen molar-refractivity contribution in [1.82, 2.24) is 19.7 Å². The third kappa shape index (κ3) is 7.59. The maximum atomic E-state index is 13.0. The summed E-state index contributed by atoms with van der Waals surface area (Å²) in [7, 11) is 4.00. The molecule has 1 fully saturated rings. The lowest BCUT2D eigenvalue weighted by molar-refractivity contribution is 0.0659. The number of guanidine groups is 1. The second-order valence-corrected chi connectivity index (χ2v) is 10.9. The highest BCUT2D eigenvalue weighted by atomic mass is 16.6. The van der Waals surface area contributed by atoms with Crippen molar-refractivity contribution in [2.75, 3.05) is 52.2 Å². The quantitative estimate of drug-likeness (QED) is 0.394. The van der Waals surface area contributed by atoms with Crippen LogP contribution in [0.25, 0.3) is 5.57 Å². The lowest BCUT2D eigenvalue weighted by Gasteiger charge is -2.35. The van der Waals surface area contributed by atoms with Gasteiger partial charge in [0.05, 0.1) is 6.61 Å². The Hall–Kier alpha value is -3.92. The van der Waals surface area contributed by atoms with E-state index in [2.05, 4.69) is 27.2 Å². The maximum absolute atomic E-state index is 13.0. The number of nitrogens with two attached hydrogens (primary N) is 1. The van der Waals surface area contributed by atoms with Crippen LogP contribution in [0.2, 0.25) is 0 Å². The van der Waals surface area contributed by atoms with E-state index in [0.29, 0.717) is 43.4 Å². The summed E-state index contributed by atoms with van der Waals surface area (Å²) in [5.41, 5.74) is 9.54. The van der Waals surface area contributed by atoms with Gasteiger partial charge >= 0.3 is 6.09 Å². The van der Waals surface area contributed by atoms with E-state index in [1.807, 2.05) is 56.1 Å². The first kappa shape index (κ1) is 29.1. The molecule has 1 aromatic heterocycles. The zero-order valence-corrected chi connectivity index (χ0v) is 24.0. The number of carbonyl (C=O) groups is 2. The Morgan fingerprint density at radius 1 is 1.18 bits per heavy atom. The minimum Gasteiger partial charge on any atom is -0.449 e. The van der Waals surface area contributed by atoms with Gasteiger partial charge in [-0.2, -0.15) is 4.99 Å². The van der Waals surface area contributed by atoms with Gasteiger partial charge in [-0.3, -0.25) is 4.79 Å². The fraction of sp³-hybridized carbons (Fsp3) is 0.467. The molecule has 2 aliphatic heterocycles. The maximum Gasteiger partial charge on any atom is 0.410 e. The van der Waals surface area contributed by atoms with E-state index >= 15 is 0 Å². The van der Waals surface area contributed by atoms with Crippen molar-refractivity contribution < 1.29 is 14.3 Å². The van der Waals surface area contributed by atoms with Gasteiger partial charge in [0.2, 0.25) is 0 Å². The standard InChI is InChI=1S/C30H41N7O3/c1-21(2)20-40-30(39)37-18-11-22(12-19-37)26-6-5-15-32-27(26)34-29(31)33-24-9-7-23(8-10-24)28(38)36(4)25-13-16-35(3)17-14-25/h5-11,15,21,25H,12-14,16-20H2,1-4H3,(H3,31,32,33,34). The number of pyridine rings is 1. The third-order valence-corrected chi connectivity index (χ3v) is 7.33. The van der Waals surface area contributed by atoms with Crippen LogP contribution in [0.3, 0.4) is 0 Å². The van der Waals surface area contributed by atoms with Gasteiger partial charge in [0.1, 0.15) is 0 Å². The molecule has 3 heterocycles. The number of likely N-dealkylation sites (tertiary alicyclic amines) is 1. The van der Waals surface area contributed by atoms with Crippen LogP contribution in [0, 0.1) is 5.92 Å². The summed E-state index contributed by atoms with van der Waals surface area (Å²) in [5.74, 6) is 1.01. The first-order valence-corrected chi connectivity index (χ1v) is 13.9. The van der Waals surface area contributed by atoms with Crippen LogP contribution >= 0.6 is 0 Å². The second-order valence-electron chi connectivity index (χ2n) is 10.9. The number of benzene rings is 1. The van der Waals surface area contributed by atoms with Gasteiger partial charge in [-0.05, 0) is 87.3 Å². The lowest BCUT2D eigenvalue weighted by Crippen LogP contribution is -2.44. The number of aliphatic imine (C=N–C) groups is 1. The van der Waals surface area contributed by atoms with Crippen LogP contribution in [0.1, 0.15) is 49.0 Å². The second kappa shape index (κ2) is 13.4. The molecule has 0 radical (unpaired) electrons. The van der Waals surface area contributed by atoms with Crippen molar-refractivity contribution in [2.45, 2.75) is 39.2 Å². The minimum atomic E-state index is -0.289. The number of rotatable bonds is 7. The molecular formula is C30H41N7O3. The van der Waals surface area contributed by atoms with Crippen molar-refractivity contribution in [3.63, 3.8) is 0 Å². The number of piperidine rings is 1. The van der Waals surface area contributed by atoms with Crippen LogP contribution in [0.15, 0.2) is 53.7 Å². The van der Waals surface area contributed by atoms with Gasteiger partial charge in [-0.25, -0.2) is 9.78 Å². The van der Waals surface area contributed by atoms with Crippen molar-refractivity contribution >= 4 is 35.0 Å². The minimum absolute atomic E-state index is 0.0216. The lowest BCUT2D eigenvalue weighted by atomic mass is 10.0. The van der Waals surface area contributed by atoms with Crippen LogP contribution in [-0.4, -0.2) is 90.6 Å². The van der Waals surface area contributed by atoms with E-state index < -0.39 is 0 Å². The first-order valence-electron chi connectivity index (χ1n) is 13.9. The van der Waals surface area contributed by atoms with Crippen molar-refractivity contribution in [2.24, 2.45) is 16.6 Å². The highest BCUT2D eigenvalue weighted by Crippen LogP contribution is 2.29. The monoisotopic (exact) mass is 547 g/mol. The summed E-state index contributed by atoms with van der Waals surface area (Å²) in [6.45, 7) is 7.48. The topological polar surface area (TPSA) is 116 Å². The molecule has 0 bridgehead atoms. The smallest absolute Gasteiger partial charge is 0.410 e. The number of hydrogen-bond donors (Lipinski definition) is 2. The summed E-state index contributed by atoms with van der Waals surface area (Å²) in [4.78, 5) is 40.1. The van der Waals surface area contributed by atoms with E-state index in [0.717, 1.165) is 42.8 Å². The Morgan fingerprint density at radius 3 is 2.55 bits per heavy atom. The summed E-state index contributed by atoms with van der Waals surface area (Å²) in [6.07, 6.45) is 6.04. The van der Waals surface area contributed by atoms with Crippen molar-refractivity contribution in [1.29, 1.82) is 0 Å². The zero-order chi connectivity index (χ0) is 28.6. The summed E-state index contributed by atoms with van der Waals surface area (Å²) in [5, 5.41) is 3.10. The predicted octanol–water partition coefficient (Wildman–Crippen LogP) is 4.19. The molecule has 0 unspecified atom stereocenters. The number of amides is 2. The summed E-state index contributed by atoms with van der Waals surface area (Å²) >= 11 is 0. The number of nitrogens with zero attached hydrogens (tertiary/aromatic N) is 5. The average molecular weight is 548 g/mol. The van der Waals surface area contributed by atoms with Crippen LogP contribution in [0.5, 0.6) is 0 Å². The number of nitrogens with one attached hydrogen (secondary N) is 1. The molecule has 2 aromatic rings. The first-order chi connectivity index (χ1) is 19.2. The largest absolute Gasteiger partial charge is 0.449 e. The molecule has 40 heavy (non-hydrogen) atoms. The van der Waals surface area contributed by atoms with E-state index in [1.54, 1.807) is 23.2 Å². The Bertz CT molecular complexity index is 1230. The Balaban J connectivity index is 1.38. The molecule has 2 aliphatic rings. The molecule has 0 atom stereocenters. The number of hydrogen-bond acceptors (Lipinski definition) is 6. The SMILES string of the molecule is CC(C)COC(=O)N1CC=C(c2cccnc2N=C(N)Nc2ccc(C(=O)N(C)C3CCN(C)CC3)cc2)CC1. The fourth-order valence-corrected chi connectivity index (χ4v) is 4.88. The number of aromatic nitrogens is 1. The van der Waals surface area contributed by atoms with Gasteiger partial charge in [0, 0.05) is 49.2 Å². The number of ether oxygens (including phenoxy) is 1. The molecule has 3 N–H and O–H groups in total. The summed E-state index contributed by atoms with van der Waals surface area (Å²) in [6, 6.07) is 11.3. The molecule has 1 aromatic carbocycles. The molecule has 0 spiro atoms. The van der Waals surface area contributed by atoms with Gasteiger partial charge < -0.3 is 30.5 Å². The van der Waals surface area contributed by atoms with Crippen LogP contribution in [0.4, 0.5) is 16.3 Å². The molecule has 214 valence electrons. The molecule has 10 nitrogen and oxygen atoms in total. The Morgan fingerprint density at radius 2 is 1.90 bits per heavy atom. The van der Waals surface area contributed by atoms with Crippen molar-refractivity contribution in [3.05, 3.63) is 59.8 Å². The van der Waals surface area contributed by atoms with Gasteiger partial charge in [0.15, 0.2) is 11.8 Å². The van der Waals surface area contributed by atoms with Gasteiger partial charge in [0.25, 0.3) is 5.91 Å². The van der Waals surface area contributed by atoms with Gasteiger partial charge in [-0.1, -0.05) is 19.9 Å². The molecule has 1 saturated heterocycles. The van der Waals surface area contributed by atoms with Gasteiger partial charge in [-0.15, -0.1) is 0 Å². The van der Waals surface area contributed by atoms with E-state index in [-0.39, 0.29) is 24.0 Å². The molecule has 10 heteroatoms. The molecule has 2 amide bonds. The van der Waals surface area contributed by atoms with E-state index in [1.165, 1.54) is 0 Å². The average Bonchev–Trinajstić information content (AvgIpc) is 2.96. The van der Waals surface area contributed by atoms with Crippen LogP contribution < -0.4 is 11.1 Å². The number of anilines is 1. The molecule has 0 saturated carbocycles. The van der Waals surface area contributed by atoms with Crippen LogP contribution in [-0.2, 0) is 4.74 Å². The summed E-state index contributed by atoms with van der Waals surface area (Å²) < 4.78 is 5.36. The highest BCUT2D eigenvalue weighted by Gasteiger charge is 2.25.